The van der Waals surface area contributed by atoms with Gasteiger partial charge in [-0.3, -0.25) is 4.79 Å². The zero-order chi connectivity index (χ0) is 10.8. The van der Waals surface area contributed by atoms with Crippen LogP contribution in [0, 0.1) is 0 Å². The van der Waals surface area contributed by atoms with Gasteiger partial charge in [-0.2, -0.15) is 0 Å². The van der Waals surface area contributed by atoms with Crippen LogP contribution in [0.2, 0.25) is 0 Å². The van der Waals surface area contributed by atoms with Crippen LogP contribution < -0.4 is 0 Å². The van der Waals surface area contributed by atoms with Gasteiger partial charge < -0.3 is 9.64 Å². The van der Waals surface area contributed by atoms with Crippen LogP contribution in [-0.2, 0) is 9.53 Å². The van der Waals surface area contributed by atoms with E-state index in [0.717, 1.165) is 12.8 Å². The lowest BCUT2D eigenvalue weighted by Crippen LogP contribution is -2.43. The van der Waals surface area contributed by atoms with Gasteiger partial charge in [0.05, 0.1) is 6.42 Å². The number of piperidine rings is 1. The SMILES string of the molecule is CN1C2CCC1CC(OC(=O)CCCl)C2. The molecule has 2 aliphatic heterocycles. The van der Waals surface area contributed by atoms with Crippen LogP contribution in [0.5, 0.6) is 0 Å². The summed E-state index contributed by atoms with van der Waals surface area (Å²) in [6.45, 7) is 0. The molecule has 2 fully saturated rings. The number of ether oxygens (including phenoxy) is 1. The average Bonchev–Trinajstić information content (AvgIpc) is 2.43. The van der Waals surface area contributed by atoms with Gasteiger partial charge in [-0.1, -0.05) is 0 Å². The molecule has 0 saturated carbocycles. The van der Waals surface area contributed by atoms with E-state index in [1.165, 1.54) is 12.8 Å². The van der Waals surface area contributed by atoms with Gasteiger partial charge in [0.15, 0.2) is 0 Å². The van der Waals surface area contributed by atoms with E-state index in [1.807, 2.05) is 0 Å². The number of hydrogen-bond donors (Lipinski definition) is 0. The van der Waals surface area contributed by atoms with Gasteiger partial charge in [0.1, 0.15) is 6.10 Å². The van der Waals surface area contributed by atoms with Gasteiger partial charge in [0.2, 0.25) is 0 Å². The van der Waals surface area contributed by atoms with Crippen LogP contribution in [-0.4, -0.2) is 42.0 Å². The Kier molecular flexibility index (Phi) is 3.52. The van der Waals surface area contributed by atoms with E-state index in [0.29, 0.717) is 24.4 Å². The van der Waals surface area contributed by atoms with Gasteiger partial charge in [-0.05, 0) is 32.7 Å². The topological polar surface area (TPSA) is 29.5 Å². The first kappa shape index (κ1) is 11.2. The number of hydrogen-bond acceptors (Lipinski definition) is 3. The van der Waals surface area contributed by atoms with Crippen molar-refractivity contribution in [1.82, 2.24) is 4.90 Å². The minimum Gasteiger partial charge on any atom is -0.462 e. The molecule has 86 valence electrons. The zero-order valence-corrected chi connectivity index (χ0v) is 9.87. The van der Waals surface area contributed by atoms with Crippen LogP contribution in [0.3, 0.4) is 0 Å². The Balaban J connectivity index is 1.84. The number of alkyl halides is 1. The van der Waals surface area contributed by atoms with Crippen molar-refractivity contribution in [2.45, 2.75) is 50.3 Å². The number of nitrogens with zero attached hydrogens (tertiary/aromatic N) is 1. The Bertz CT molecular complexity index is 233. The Morgan fingerprint density at radius 2 is 2.00 bits per heavy atom. The van der Waals surface area contributed by atoms with E-state index < -0.39 is 0 Å². The second kappa shape index (κ2) is 4.71. The molecule has 0 aromatic carbocycles. The molecule has 15 heavy (non-hydrogen) atoms. The van der Waals surface area contributed by atoms with Crippen molar-refractivity contribution in [3.63, 3.8) is 0 Å². The number of carbonyl (C=O) groups excluding carboxylic acids is 1. The number of carbonyl (C=O) groups is 1. The molecule has 2 atom stereocenters. The van der Waals surface area contributed by atoms with Gasteiger partial charge in [-0.25, -0.2) is 0 Å². The summed E-state index contributed by atoms with van der Waals surface area (Å²) in [6, 6.07) is 1.25. The molecule has 2 aliphatic rings. The maximum Gasteiger partial charge on any atom is 0.307 e. The van der Waals surface area contributed by atoms with Crippen molar-refractivity contribution in [3.05, 3.63) is 0 Å². The molecular weight excluding hydrogens is 214 g/mol. The monoisotopic (exact) mass is 231 g/mol. The predicted molar refractivity (Wildman–Crippen MR) is 59.0 cm³/mol. The summed E-state index contributed by atoms with van der Waals surface area (Å²) in [4.78, 5) is 13.7. The summed E-state index contributed by atoms with van der Waals surface area (Å²) in [5, 5.41) is 0. The van der Waals surface area contributed by atoms with Gasteiger partial charge in [0.25, 0.3) is 0 Å². The first-order chi connectivity index (χ1) is 7.20. The molecule has 0 radical (unpaired) electrons. The Hall–Kier alpha value is -0.280. The standard InChI is InChI=1S/C11H18ClNO2/c1-13-8-2-3-9(13)7-10(6-8)15-11(14)4-5-12/h8-10H,2-7H2,1H3. The van der Waals surface area contributed by atoms with Crippen molar-refractivity contribution in [1.29, 1.82) is 0 Å². The molecule has 0 spiro atoms. The molecule has 0 aromatic heterocycles. The first-order valence-corrected chi connectivity index (χ1v) is 6.21. The fraction of sp³-hybridized carbons (Fsp3) is 0.909. The third kappa shape index (κ3) is 2.45. The number of rotatable bonds is 3. The molecular formula is C11H18ClNO2. The molecule has 2 bridgehead atoms. The Morgan fingerprint density at radius 3 is 2.53 bits per heavy atom. The second-order valence-corrected chi connectivity index (χ2v) is 4.95. The quantitative estimate of drug-likeness (QED) is 0.548. The van der Waals surface area contributed by atoms with E-state index >= 15 is 0 Å². The van der Waals surface area contributed by atoms with Crippen molar-refractivity contribution in [2.24, 2.45) is 0 Å². The molecule has 0 aromatic rings. The maximum atomic E-state index is 11.3. The summed E-state index contributed by atoms with van der Waals surface area (Å²) < 4.78 is 5.41. The minimum atomic E-state index is -0.140. The second-order valence-electron chi connectivity index (χ2n) is 4.57. The molecule has 0 amide bonds. The number of halogens is 1. The molecule has 2 unspecified atom stereocenters. The highest BCUT2D eigenvalue weighted by Crippen LogP contribution is 2.35. The van der Waals surface area contributed by atoms with Crippen LogP contribution in [0.15, 0.2) is 0 Å². The summed E-state index contributed by atoms with van der Waals surface area (Å²) in [6.07, 6.45) is 4.98. The highest BCUT2D eigenvalue weighted by molar-refractivity contribution is 6.18. The van der Waals surface area contributed by atoms with Gasteiger partial charge in [-0.15, -0.1) is 11.6 Å². The maximum absolute atomic E-state index is 11.3. The molecule has 0 aliphatic carbocycles. The summed E-state index contributed by atoms with van der Waals surface area (Å²) >= 11 is 5.50. The molecule has 4 heteroatoms. The van der Waals surface area contributed by atoms with E-state index in [-0.39, 0.29) is 12.1 Å². The normalized spacial score (nSPS) is 35.5. The Labute approximate surface area is 95.7 Å². The predicted octanol–water partition coefficient (Wildman–Crippen LogP) is 1.78. The van der Waals surface area contributed by atoms with Crippen molar-refractivity contribution < 1.29 is 9.53 Å². The zero-order valence-electron chi connectivity index (χ0n) is 9.12. The van der Waals surface area contributed by atoms with E-state index in [2.05, 4.69) is 11.9 Å². The number of esters is 1. The van der Waals surface area contributed by atoms with Crippen molar-refractivity contribution >= 4 is 17.6 Å². The average molecular weight is 232 g/mol. The largest absolute Gasteiger partial charge is 0.462 e. The third-order valence-corrected chi connectivity index (χ3v) is 3.84. The summed E-state index contributed by atoms with van der Waals surface area (Å²) in [5.41, 5.74) is 0. The molecule has 3 nitrogen and oxygen atoms in total. The van der Waals surface area contributed by atoms with Gasteiger partial charge in [0, 0.05) is 18.0 Å². The first-order valence-electron chi connectivity index (χ1n) is 5.68. The van der Waals surface area contributed by atoms with Crippen LogP contribution in [0.1, 0.15) is 32.1 Å². The molecule has 2 saturated heterocycles. The Morgan fingerprint density at radius 1 is 1.40 bits per heavy atom. The van der Waals surface area contributed by atoms with Crippen molar-refractivity contribution in [2.75, 3.05) is 12.9 Å². The highest BCUT2D eigenvalue weighted by atomic mass is 35.5. The van der Waals surface area contributed by atoms with Gasteiger partial charge >= 0.3 is 5.97 Å². The van der Waals surface area contributed by atoms with Crippen LogP contribution in [0.4, 0.5) is 0 Å². The highest BCUT2D eigenvalue weighted by Gasteiger charge is 2.39. The molecule has 0 N–H and O–H groups in total. The molecule has 2 heterocycles. The fourth-order valence-corrected chi connectivity index (χ4v) is 2.93. The van der Waals surface area contributed by atoms with E-state index in [1.54, 1.807) is 0 Å². The van der Waals surface area contributed by atoms with E-state index in [9.17, 15) is 4.79 Å². The minimum absolute atomic E-state index is 0.134. The van der Waals surface area contributed by atoms with Crippen LogP contribution >= 0.6 is 11.6 Å². The van der Waals surface area contributed by atoms with E-state index in [4.69, 9.17) is 16.3 Å². The van der Waals surface area contributed by atoms with Crippen molar-refractivity contribution in [3.8, 4) is 0 Å². The fourth-order valence-electron chi connectivity index (χ4n) is 2.78. The molecule has 2 rings (SSSR count). The lowest BCUT2D eigenvalue weighted by Gasteiger charge is -2.35. The lowest BCUT2D eigenvalue weighted by atomic mass is 10.0. The van der Waals surface area contributed by atoms with Crippen LogP contribution in [0.25, 0.3) is 0 Å². The smallest absolute Gasteiger partial charge is 0.307 e. The summed E-state index contributed by atoms with van der Waals surface area (Å²) in [5.74, 6) is 0.220. The number of fused-ring (bicyclic) bond motifs is 2. The third-order valence-electron chi connectivity index (χ3n) is 3.65. The lowest BCUT2D eigenvalue weighted by molar-refractivity contribution is -0.151. The summed E-state index contributed by atoms with van der Waals surface area (Å²) in [7, 11) is 2.18.